The topological polar surface area (TPSA) is 29.3 Å². The quantitative estimate of drug-likeness (QED) is 0.841. The minimum absolute atomic E-state index is 0.191. The number of nitrogens with zero attached hydrogens (tertiary/aromatic N) is 1. The Morgan fingerprint density at radius 1 is 1.24 bits per heavy atom. The van der Waals surface area contributed by atoms with Gasteiger partial charge in [-0.25, -0.2) is 0 Å². The Labute approximate surface area is 112 Å². The summed E-state index contributed by atoms with van der Waals surface area (Å²) >= 11 is 2.07. The van der Waals surface area contributed by atoms with Crippen LogP contribution in [-0.4, -0.2) is 41.6 Å². The third-order valence-corrected chi connectivity index (χ3v) is 6.10. The number of rotatable bonds is 4. The molecule has 0 aromatic rings. The molecular formula is C14H30N2S. The number of likely N-dealkylation sites (N-methyl/N-ethyl adjacent to an activating group) is 1. The summed E-state index contributed by atoms with van der Waals surface area (Å²) in [5, 5.41) is 0. The lowest BCUT2D eigenvalue weighted by Crippen LogP contribution is -2.61. The summed E-state index contributed by atoms with van der Waals surface area (Å²) in [6.45, 7) is 12.4. The van der Waals surface area contributed by atoms with E-state index in [-0.39, 0.29) is 5.54 Å². The average molecular weight is 258 g/mol. The Hall–Kier alpha value is 0.270. The summed E-state index contributed by atoms with van der Waals surface area (Å²) in [4.78, 5) is 2.55. The van der Waals surface area contributed by atoms with Crippen molar-refractivity contribution in [3.8, 4) is 0 Å². The highest BCUT2D eigenvalue weighted by molar-refractivity contribution is 7.99. The average Bonchev–Trinajstić information content (AvgIpc) is 2.25. The van der Waals surface area contributed by atoms with Gasteiger partial charge >= 0.3 is 0 Å². The van der Waals surface area contributed by atoms with Crippen LogP contribution >= 0.6 is 11.8 Å². The van der Waals surface area contributed by atoms with Crippen LogP contribution in [0.5, 0.6) is 0 Å². The molecule has 1 fully saturated rings. The number of nitrogens with two attached hydrogens (primary N) is 1. The molecule has 17 heavy (non-hydrogen) atoms. The van der Waals surface area contributed by atoms with Gasteiger partial charge in [0.2, 0.25) is 0 Å². The molecule has 1 rings (SSSR count). The van der Waals surface area contributed by atoms with Crippen molar-refractivity contribution in [2.75, 3.05) is 25.1 Å². The van der Waals surface area contributed by atoms with E-state index in [0.717, 1.165) is 6.54 Å². The predicted molar refractivity (Wildman–Crippen MR) is 79.6 cm³/mol. The van der Waals surface area contributed by atoms with E-state index in [1.54, 1.807) is 0 Å². The van der Waals surface area contributed by atoms with Crippen molar-refractivity contribution in [3.63, 3.8) is 0 Å². The number of thioether (sulfide) groups is 1. The zero-order valence-corrected chi connectivity index (χ0v) is 13.2. The Bertz CT molecular complexity index is 253. The van der Waals surface area contributed by atoms with Gasteiger partial charge in [-0.1, -0.05) is 27.7 Å². The number of hydrogen-bond donors (Lipinski definition) is 1. The fourth-order valence-electron chi connectivity index (χ4n) is 2.89. The van der Waals surface area contributed by atoms with Gasteiger partial charge in [-0.3, -0.25) is 4.90 Å². The molecule has 0 aromatic heterocycles. The van der Waals surface area contributed by atoms with Gasteiger partial charge in [0.15, 0.2) is 0 Å². The van der Waals surface area contributed by atoms with E-state index in [4.69, 9.17) is 5.73 Å². The van der Waals surface area contributed by atoms with Crippen LogP contribution in [0.15, 0.2) is 0 Å². The number of hydrogen-bond acceptors (Lipinski definition) is 3. The molecule has 0 aliphatic carbocycles. The minimum Gasteiger partial charge on any atom is -0.329 e. The van der Waals surface area contributed by atoms with Crippen LogP contribution < -0.4 is 5.73 Å². The third-order valence-electron chi connectivity index (χ3n) is 4.38. The molecule has 102 valence electrons. The van der Waals surface area contributed by atoms with Crippen LogP contribution in [0.4, 0.5) is 0 Å². The molecule has 2 atom stereocenters. The maximum absolute atomic E-state index is 6.14. The summed E-state index contributed by atoms with van der Waals surface area (Å²) in [6, 6.07) is 0.591. The molecule has 2 nitrogen and oxygen atoms in total. The lowest BCUT2D eigenvalue weighted by atomic mass is 9.78. The van der Waals surface area contributed by atoms with Crippen LogP contribution in [0.3, 0.4) is 0 Å². The van der Waals surface area contributed by atoms with E-state index < -0.39 is 0 Å². The second kappa shape index (κ2) is 5.50. The first-order valence-corrected chi connectivity index (χ1v) is 7.90. The third kappa shape index (κ3) is 3.39. The van der Waals surface area contributed by atoms with Gasteiger partial charge in [0.1, 0.15) is 0 Å². The Morgan fingerprint density at radius 2 is 1.82 bits per heavy atom. The highest BCUT2D eigenvalue weighted by Crippen LogP contribution is 2.42. The molecule has 1 aliphatic rings. The van der Waals surface area contributed by atoms with Gasteiger partial charge in [0.05, 0.1) is 0 Å². The van der Waals surface area contributed by atoms with Gasteiger partial charge < -0.3 is 5.73 Å². The Kier molecular flexibility index (Phi) is 4.96. The SMILES string of the molecule is CC(C)C(C)N(C)C1(CN)CSCC(C)(C)C1. The maximum atomic E-state index is 6.14. The lowest BCUT2D eigenvalue weighted by molar-refractivity contribution is 0.0440. The van der Waals surface area contributed by atoms with Crippen molar-refractivity contribution < 1.29 is 0 Å². The summed E-state index contributed by atoms with van der Waals surface area (Å²) < 4.78 is 0. The first kappa shape index (κ1) is 15.3. The zero-order chi connectivity index (χ0) is 13.3. The molecule has 2 unspecified atom stereocenters. The standard InChI is InChI=1S/C14H30N2S/c1-11(2)12(3)16(6)14(8-15)7-13(4,5)9-17-10-14/h11-12H,7-10,15H2,1-6H3. The monoisotopic (exact) mass is 258 g/mol. The second-order valence-corrected chi connectivity index (χ2v) is 7.84. The summed E-state index contributed by atoms with van der Waals surface area (Å²) in [7, 11) is 2.26. The molecule has 0 aromatic carbocycles. The molecule has 1 heterocycles. The fraction of sp³-hybridized carbons (Fsp3) is 1.00. The van der Waals surface area contributed by atoms with E-state index in [0.29, 0.717) is 17.4 Å². The summed E-state index contributed by atoms with van der Waals surface area (Å²) in [5.41, 5.74) is 6.74. The molecule has 3 heteroatoms. The second-order valence-electron chi connectivity index (χ2n) is 6.86. The Morgan fingerprint density at radius 3 is 2.24 bits per heavy atom. The molecule has 0 amide bonds. The van der Waals surface area contributed by atoms with E-state index in [1.807, 2.05) is 0 Å². The minimum atomic E-state index is 0.191. The highest BCUT2D eigenvalue weighted by atomic mass is 32.2. The van der Waals surface area contributed by atoms with Crippen LogP contribution in [0.25, 0.3) is 0 Å². The van der Waals surface area contributed by atoms with Crippen LogP contribution in [-0.2, 0) is 0 Å². The molecule has 0 spiro atoms. The van der Waals surface area contributed by atoms with Gasteiger partial charge in [-0.15, -0.1) is 0 Å². The van der Waals surface area contributed by atoms with Crippen molar-refractivity contribution in [2.45, 2.75) is 52.6 Å². The molecule has 0 radical (unpaired) electrons. The fourth-order valence-corrected chi connectivity index (χ4v) is 4.45. The van der Waals surface area contributed by atoms with E-state index >= 15 is 0 Å². The van der Waals surface area contributed by atoms with Gasteiger partial charge in [0.25, 0.3) is 0 Å². The zero-order valence-electron chi connectivity index (χ0n) is 12.4. The van der Waals surface area contributed by atoms with E-state index in [1.165, 1.54) is 17.9 Å². The molecular weight excluding hydrogens is 228 g/mol. The van der Waals surface area contributed by atoms with Crippen molar-refractivity contribution in [1.82, 2.24) is 4.90 Å². The normalized spacial score (nSPS) is 30.9. The van der Waals surface area contributed by atoms with Crippen molar-refractivity contribution in [1.29, 1.82) is 0 Å². The first-order chi connectivity index (χ1) is 7.74. The summed E-state index contributed by atoms with van der Waals surface area (Å²) in [5.74, 6) is 3.12. The van der Waals surface area contributed by atoms with E-state index in [9.17, 15) is 0 Å². The van der Waals surface area contributed by atoms with Crippen molar-refractivity contribution >= 4 is 11.8 Å². The predicted octanol–water partition coefficient (Wildman–Crippen LogP) is 2.82. The van der Waals surface area contributed by atoms with Crippen LogP contribution in [0.1, 0.15) is 41.0 Å². The van der Waals surface area contributed by atoms with Crippen LogP contribution in [0.2, 0.25) is 0 Å². The van der Waals surface area contributed by atoms with Gasteiger partial charge in [-0.2, -0.15) is 11.8 Å². The molecule has 2 N–H and O–H groups in total. The van der Waals surface area contributed by atoms with Gasteiger partial charge in [0, 0.05) is 23.9 Å². The first-order valence-electron chi connectivity index (χ1n) is 6.75. The van der Waals surface area contributed by atoms with Crippen molar-refractivity contribution in [2.24, 2.45) is 17.1 Å². The Balaban J connectivity index is 2.87. The maximum Gasteiger partial charge on any atom is 0.0427 e. The molecule has 0 bridgehead atoms. The van der Waals surface area contributed by atoms with Crippen molar-refractivity contribution in [3.05, 3.63) is 0 Å². The molecule has 1 aliphatic heterocycles. The van der Waals surface area contributed by atoms with Crippen LogP contribution in [0, 0.1) is 11.3 Å². The smallest absolute Gasteiger partial charge is 0.0427 e. The largest absolute Gasteiger partial charge is 0.329 e. The van der Waals surface area contributed by atoms with E-state index in [2.05, 4.69) is 58.3 Å². The highest BCUT2D eigenvalue weighted by Gasteiger charge is 2.43. The molecule has 1 saturated heterocycles. The molecule has 0 saturated carbocycles. The van der Waals surface area contributed by atoms with Gasteiger partial charge in [-0.05, 0) is 37.5 Å². The summed E-state index contributed by atoms with van der Waals surface area (Å²) in [6.07, 6.45) is 1.22. The lowest BCUT2D eigenvalue weighted by Gasteiger charge is -2.52.